The van der Waals surface area contributed by atoms with Crippen molar-refractivity contribution in [2.45, 2.75) is 38.7 Å². The van der Waals surface area contributed by atoms with E-state index < -0.39 is 0 Å². The Morgan fingerprint density at radius 1 is 0.548 bits per heavy atom. The first-order valence-corrected chi connectivity index (χ1v) is 15.6. The van der Waals surface area contributed by atoms with Gasteiger partial charge in [0, 0.05) is 58.8 Å². The molecule has 0 spiro atoms. The zero-order valence-corrected chi connectivity index (χ0v) is 26.9. The van der Waals surface area contributed by atoms with Crippen molar-refractivity contribution in [3.05, 3.63) is 0 Å². The maximum atomic E-state index is 6.37. The molecule has 0 aliphatic carbocycles. The van der Waals surface area contributed by atoms with Gasteiger partial charge < -0.3 is 55.1 Å². The first kappa shape index (κ1) is 41.5. The van der Waals surface area contributed by atoms with Gasteiger partial charge in [-0.05, 0) is 31.7 Å². The molecule has 0 amide bonds. The third-order valence-corrected chi connectivity index (χ3v) is 6.40. The first-order chi connectivity index (χ1) is 20.6. The molecule has 0 rings (SSSR count). The SMILES string of the molecule is CCCC(COCCN)COCC(COCC(CCNCOC)CNCOC)OCC(CCOCCN)COCCN. The molecule has 0 bridgehead atoms. The van der Waals surface area contributed by atoms with Gasteiger partial charge in [0.05, 0.1) is 79.5 Å². The average Bonchev–Trinajstić information content (AvgIpc) is 2.99. The summed E-state index contributed by atoms with van der Waals surface area (Å²) in [6, 6.07) is 0. The summed E-state index contributed by atoms with van der Waals surface area (Å²) in [5, 5.41) is 6.57. The lowest BCUT2D eigenvalue weighted by molar-refractivity contribution is -0.0881. The van der Waals surface area contributed by atoms with Crippen molar-refractivity contribution in [2.24, 2.45) is 35.0 Å². The predicted molar refractivity (Wildman–Crippen MR) is 165 cm³/mol. The maximum Gasteiger partial charge on any atom is 0.104 e. The van der Waals surface area contributed by atoms with Gasteiger partial charge >= 0.3 is 0 Å². The molecule has 0 aromatic rings. The Bertz CT molecular complexity index is 530. The quantitative estimate of drug-likeness (QED) is 0.0484. The molecule has 4 unspecified atom stereocenters. The van der Waals surface area contributed by atoms with E-state index >= 15 is 0 Å². The molecular formula is C29H65N5O8. The van der Waals surface area contributed by atoms with E-state index in [1.807, 2.05) is 0 Å². The number of hydrogen-bond acceptors (Lipinski definition) is 13. The van der Waals surface area contributed by atoms with Crippen LogP contribution in [-0.4, -0.2) is 139 Å². The molecule has 0 fully saturated rings. The van der Waals surface area contributed by atoms with E-state index in [0.717, 1.165) is 38.8 Å². The summed E-state index contributed by atoms with van der Waals surface area (Å²) in [6.45, 7) is 12.3. The van der Waals surface area contributed by atoms with Crippen LogP contribution in [0.3, 0.4) is 0 Å². The zero-order valence-electron chi connectivity index (χ0n) is 26.9. The number of nitrogens with one attached hydrogen (secondary N) is 2. The molecule has 0 aliphatic heterocycles. The molecule has 0 radical (unpaired) electrons. The normalized spacial score (nSPS) is 14.7. The summed E-state index contributed by atoms with van der Waals surface area (Å²) in [4.78, 5) is 0. The van der Waals surface area contributed by atoms with Gasteiger partial charge in [-0.1, -0.05) is 13.3 Å². The van der Waals surface area contributed by atoms with E-state index in [1.54, 1.807) is 14.2 Å². The molecule has 0 aliphatic rings. The summed E-state index contributed by atoms with van der Waals surface area (Å²) < 4.78 is 46.0. The lowest BCUT2D eigenvalue weighted by Crippen LogP contribution is -2.34. The smallest absolute Gasteiger partial charge is 0.104 e. The van der Waals surface area contributed by atoms with Gasteiger partial charge in [-0.2, -0.15) is 0 Å². The van der Waals surface area contributed by atoms with Gasteiger partial charge in [-0.15, -0.1) is 0 Å². The fourth-order valence-electron chi connectivity index (χ4n) is 4.18. The third-order valence-electron chi connectivity index (χ3n) is 6.40. The van der Waals surface area contributed by atoms with Crippen molar-refractivity contribution in [1.82, 2.24) is 10.6 Å². The van der Waals surface area contributed by atoms with Gasteiger partial charge in [0.2, 0.25) is 0 Å². The molecule has 4 atom stereocenters. The summed E-state index contributed by atoms with van der Waals surface area (Å²) in [6.07, 6.45) is 3.62. The Kier molecular flexibility index (Phi) is 33.0. The number of nitrogens with two attached hydrogens (primary N) is 3. The van der Waals surface area contributed by atoms with Crippen LogP contribution in [0.5, 0.6) is 0 Å². The molecular weight excluding hydrogens is 546 g/mol. The monoisotopic (exact) mass is 611 g/mol. The molecule has 42 heavy (non-hydrogen) atoms. The van der Waals surface area contributed by atoms with Crippen LogP contribution in [0.25, 0.3) is 0 Å². The topological polar surface area (TPSA) is 176 Å². The van der Waals surface area contributed by atoms with Crippen LogP contribution >= 0.6 is 0 Å². The minimum absolute atomic E-state index is 0.159. The highest BCUT2D eigenvalue weighted by molar-refractivity contribution is 4.66. The zero-order chi connectivity index (χ0) is 30.9. The Balaban J connectivity index is 5.08. The van der Waals surface area contributed by atoms with Crippen molar-refractivity contribution in [3.8, 4) is 0 Å². The molecule has 0 heterocycles. The second-order valence-electron chi connectivity index (χ2n) is 10.4. The van der Waals surface area contributed by atoms with Gasteiger partial charge in [-0.3, -0.25) is 10.6 Å². The predicted octanol–water partition coefficient (Wildman–Crippen LogP) is 0.147. The van der Waals surface area contributed by atoms with Crippen LogP contribution in [-0.2, 0) is 37.9 Å². The van der Waals surface area contributed by atoms with Crippen LogP contribution < -0.4 is 27.8 Å². The van der Waals surface area contributed by atoms with Crippen LogP contribution in [0.1, 0.15) is 32.6 Å². The van der Waals surface area contributed by atoms with Crippen LogP contribution in [0.4, 0.5) is 0 Å². The van der Waals surface area contributed by atoms with E-state index in [2.05, 4.69) is 17.6 Å². The summed E-state index contributed by atoms with van der Waals surface area (Å²) >= 11 is 0. The molecule has 254 valence electrons. The third kappa shape index (κ3) is 27.1. The molecule has 13 heteroatoms. The Labute approximate surface area is 255 Å². The minimum Gasteiger partial charge on any atom is -0.380 e. The molecule has 0 saturated heterocycles. The summed E-state index contributed by atoms with van der Waals surface area (Å²) in [7, 11) is 3.35. The highest BCUT2D eigenvalue weighted by Crippen LogP contribution is 2.12. The van der Waals surface area contributed by atoms with Gasteiger partial charge in [-0.25, -0.2) is 0 Å². The number of rotatable bonds is 35. The minimum atomic E-state index is -0.224. The first-order valence-electron chi connectivity index (χ1n) is 15.6. The van der Waals surface area contributed by atoms with Gasteiger partial charge in [0.25, 0.3) is 0 Å². The average molecular weight is 612 g/mol. The summed E-state index contributed by atoms with van der Waals surface area (Å²) in [5.74, 6) is 0.778. The standard InChI is InChI=1S/C29H65N5O8/c1-4-5-27(18-38-14-9-31)20-41-23-29(42-21-28(19-39-15-10-32)7-12-37-13-8-30)22-40-17-26(16-34-25-36-3)6-11-33-24-35-2/h26-29,33-34H,4-25,30-32H2,1-3H3. The number of methoxy groups -OCH3 is 2. The van der Waals surface area contributed by atoms with Crippen LogP contribution in [0.15, 0.2) is 0 Å². The molecule has 8 N–H and O–H groups in total. The number of hydrogen-bond donors (Lipinski definition) is 5. The highest BCUT2D eigenvalue weighted by Gasteiger charge is 2.18. The second kappa shape index (κ2) is 33.4. The lowest BCUT2D eigenvalue weighted by Gasteiger charge is -2.25. The van der Waals surface area contributed by atoms with Gasteiger partial charge in [0.15, 0.2) is 0 Å². The second-order valence-corrected chi connectivity index (χ2v) is 10.4. The van der Waals surface area contributed by atoms with E-state index in [4.69, 9.17) is 55.1 Å². The largest absolute Gasteiger partial charge is 0.380 e. The van der Waals surface area contributed by atoms with Crippen LogP contribution in [0, 0.1) is 17.8 Å². The Hall–Kier alpha value is -0.520. The summed E-state index contributed by atoms with van der Waals surface area (Å²) in [5.41, 5.74) is 16.7. The van der Waals surface area contributed by atoms with Gasteiger partial charge in [0.1, 0.15) is 6.10 Å². The van der Waals surface area contributed by atoms with E-state index in [-0.39, 0.29) is 12.0 Å². The van der Waals surface area contributed by atoms with E-state index in [0.29, 0.717) is 118 Å². The van der Waals surface area contributed by atoms with E-state index in [9.17, 15) is 0 Å². The molecule has 0 saturated carbocycles. The molecule has 0 aromatic heterocycles. The Morgan fingerprint density at radius 2 is 1.10 bits per heavy atom. The fourth-order valence-corrected chi connectivity index (χ4v) is 4.18. The molecule has 13 nitrogen and oxygen atoms in total. The van der Waals surface area contributed by atoms with Crippen molar-refractivity contribution in [1.29, 1.82) is 0 Å². The lowest BCUT2D eigenvalue weighted by atomic mass is 10.1. The Morgan fingerprint density at radius 3 is 1.69 bits per heavy atom. The van der Waals surface area contributed by atoms with Crippen molar-refractivity contribution < 1.29 is 37.9 Å². The molecule has 0 aromatic carbocycles. The van der Waals surface area contributed by atoms with Crippen molar-refractivity contribution >= 4 is 0 Å². The van der Waals surface area contributed by atoms with Crippen LogP contribution in [0.2, 0.25) is 0 Å². The van der Waals surface area contributed by atoms with Crippen molar-refractivity contribution in [2.75, 3.05) is 133 Å². The fraction of sp³-hybridized carbons (Fsp3) is 1.00. The maximum absolute atomic E-state index is 6.37. The highest BCUT2D eigenvalue weighted by atomic mass is 16.6. The number of ether oxygens (including phenoxy) is 8. The van der Waals surface area contributed by atoms with Crippen molar-refractivity contribution in [3.63, 3.8) is 0 Å². The van der Waals surface area contributed by atoms with E-state index in [1.165, 1.54) is 0 Å².